The number of para-hydroxylation sites is 2. The van der Waals surface area contributed by atoms with E-state index in [2.05, 4.69) is 10.3 Å². The number of anilines is 1. The van der Waals surface area contributed by atoms with Crippen LogP contribution in [-0.4, -0.2) is 34.5 Å². The molecule has 0 saturated heterocycles. The standard InChI is InChI=1S/C22H21N3O6S2/c1-4-30-18-8-6-5-7-16(18)24-20(26)14(3)31-21(27)15-9-10-19(17(11-15)25(28)29)33-22-23-13(2)12-32-22/h5-12,14H,4H2,1-3H3,(H,24,26). The number of ether oxygens (including phenoxy) is 2. The SMILES string of the molecule is CCOc1ccccc1NC(=O)C(C)OC(=O)c1ccc(Sc2nc(C)cs2)c([N+](=O)[O-])c1. The van der Waals surface area contributed by atoms with E-state index < -0.39 is 22.9 Å². The van der Waals surface area contributed by atoms with Gasteiger partial charge in [0, 0.05) is 17.1 Å². The average Bonchev–Trinajstić information content (AvgIpc) is 3.19. The maximum Gasteiger partial charge on any atom is 0.339 e. The summed E-state index contributed by atoms with van der Waals surface area (Å²) in [5.41, 5.74) is 0.990. The van der Waals surface area contributed by atoms with Crippen LogP contribution in [0.3, 0.4) is 0 Å². The maximum absolute atomic E-state index is 12.6. The summed E-state index contributed by atoms with van der Waals surface area (Å²) in [5.74, 6) is -0.914. The summed E-state index contributed by atoms with van der Waals surface area (Å²) in [7, 11) is 0. The van der Waals surface area contributed by atoms with Crippen molar-refractivity contribution in [2.75, 3.05) is 11.9 Å². The molecule has 0 spiro atoms. The highest BCUT2D eigenvalue weighted by Gasteiger charge is 2.24. The van der Waals surface area contributed by atoms with Crippen LogP contribution in [0.1, 0.15) is 29.9 Å². The van der Waals surface area contributed by atoms with Crippen LogP contribution in [0.15, 0.2) is 57.1 Å². The van der Waals surface area contributed by atoms with E-state index in [9.17, 15) is 19.7 Å². The molecule has 11 heteroatoms. The third-order valence-corrected chi connectivity index (χ3v) is 6.41. The van der Waals surface area contributed by atoms with Crippen LogP contribution in [0.4, 0.5) is 11.4 Å². The number of esters is 1. The van der Waals surface area contributed by atoms with Crippen LogP contribution in [0.2, 0.25) is 0 Å². The topological polar surface area (TPSA) is 121 Å². The fourth-order valence-corrected chi connectivity index (χ4v) is 4.59. The van der Waals surface area contributed by atoms with Gasteiger partial charge in [0.05, 0.1) is 27.7 Å². The molecule has 1 heterocycles. The number of hydrogen-bond acceptors (Lipinski definition) is 9. The van der Waals surface area contributed by atoms with Gasteiger partial charge in [0.25, 0.3) is 11.6 Å². The molecule has 33 heavy (non-hydrogen) atoms. The Balaban J connectivity index is 1.70. The lowest BCUT2D eigenvalue weighted by Crippen LogP contribution is -2.30. The molecule has 0 saturated carbocycles. The molecular weight excluding hydrogens is 466 g/mol. The van der Waals surface area contributed by atoms with Gasteiger partial charge in [-0.05, 0) is 45.0 Å². The minimum atomic E-state index is -1.14. The highest BCUT2D eigenvalue weighted by molar-refractivity contribution is 8.01. The Hall–Kier alpha value is -3.44. The second-order valence-electron chi connectivity index (χ2n) is 6.76. The zero-order chi connectivity index (χ0) is 24.0. The molecule has 0 fully saturated rings. The first-order chi connectivity index (χ1) is 15.8. The van der Waals surface area contributed by atoms with Crippen molar-refractivity contribution in [3.05, 3.63) is 69.2 Å². The minimum absolute atomic E-state index is 0.0317. The normalized spacial score (nSPS) is 11.5. The number of amides is 1. The van der Waals surface area contributed by atoms with Gasteiger partial charge in [0.2, 0.25) is 0 Å². The lowest BCUT2D eigenvalue weighted by molar-refractivity contribution is -0.387. The molecule has 2 aromatic carbocycles. The van der Waals surface area contributed by atoms with E-state index >= 15 is 0 Å². The van der Waals surface area contributed by atoms with Gasteiger partial charge in [0.1, 0.15) is 5.75 Å². The number of nitrogens with zero attached hydrogens (tertiary/aromatic N) is 2. The van der Waals surface area contributed by atoms with Gasteiger partial charge < -0.3 is 14.8 Å². The fourth-order valence-electron chi connectivity index (χ4n) is 2.71. The Morgan fingerprint density at radius 3 is 2.70 bits per heavy atom. The number of rotatable bonds is 9. The number of hydrogen-bond donors (Lipinski definition) is 1. The molecule has 1 atom stereocenters. The molecule has 0 aliphatic carbocycles. The number of carbonyl (C=O) groups is 2. The Labute approximate surface area is 198 Å². The largest absolute Gasteiger partial charge is 0.492 e. The number of nitro groups is 1. The van der Waals surface area contributed by atoms with Crippen molar-refractivity contribution in [2.24, 2.45) is 0 Å². The Morgan fingerprint density at radius 2 is 2.03 bits per heavy atom. The van der Waals surface area contributed by atoms with E-state index in [1.807, 2.05) is 19.2 Å². The number of benzene rings is 2. The molecule has 1 unspecified atom stereocenters. The Bertz CT molecular complexity index is 1180. The highest BCUT2D eigenvalue weighted by atomic mass is 32.2. The van der Waals surface area contributed by atoms with Crippen molar-refractivity contribution in [3.8, 4) is 5.75 Å². The molecule has 1 N–H and O–H groups in total. The summed E-state index contributed by atoms with van der Waals surface area (Å²) >= 11 is 2.52. The van der Waals surface area contributed by atoms with Crippen molar-refractivity contribution >= 4 is 46.3 Å². The molecule has 9 nitrogen and oxygen atoms in total. The molecule has 1 aromatic heterocycles. The lowest BCUT2D eigenvalue weighted by atomic mass is 10.2. The minimum Gasteiger partial charge on any atom is -0.492 e. The first kappa shape index (κ1) is 24.2. The number of nitrogens with one attached hydrogen (secondary N) is 1. The van der Waals surface area contributed by atoms with Crippen molar-refractivity contribution in [3.63, 3.8) is 0 Å². The van der Waals surface area contributed by atoms with Gasteiger partial charge in [-0.3, -0.25) is 14.9 Å². The van der Waals surface area contributed by atoms with Gasteiger partial charge in [-0.15, -0.1) is 11.3 Å². The van der Waals surface area contributed by atoms with E-state index in [1.165, 1.54) is 30.4 Å². The average molecular weight is 488 g/mol. The van der Waals surface area contributed by atoms with Gasteiger partial charge in [-0.25, -0.2) is 9.78 Å². The van der Waals surface area contributed by atoms with Crippen LogP contribution >= 0.6 is 23.1 Å². The summed E-state index contributed by atoms with van der Waals surface area (Å²) in [6.45, 7) is 5.50. The summed E-state index contributed by atoms with van der Waals surface area (Å²) in [5, 5.41) is 16.1. The van der Waals surface area contributed by atoms with Crippen LogP contribution in [0, 0.1) is 17.0 Å². The van der Waals surface area contributed by atoms with E-state index in [-0.39, 0.29) is 11.3 Å². The number of thiazole rings is 1. The Kier molecular flexibility index (Phi) is 8.01. The van der Waals surface area contributed by atoms with Gasteiger partial charge in [-0.2, -0.15) is 0 Å². The second kappa shape index (κ2) is 10.9. The van der Waals surface area contributed by atoms with Crippen LogP contribution < -0.4 is 10.1 Å². The van der Waals surface area contributed by atoms with Crippen LogP contribution in [0.25, 0.3) is 0 Å². The first-order valence-corrected chi connectivity index (χ1v) is 11.6. The van der Waals surface area contributed by atoms with Gasteiger partial charge in [-0.1, -0.05) is 23.9 Å². The van der Waals surface area contributed by atoms with Crippen LogP contribution in [-0.2, 0) is 9.53 Å². The summed E-state index contributed by atoms with van der Waals surface area (Å²) < 4.78 is 11.4. The highest BCUT2D eigenvalue weighted by Crippen LogP contribution is 2.37. The van der Waals surface area contributed by atoms with Crippen molar-refractivity contribution in [2.45, 2.75) is 36.1 Å². The fraction of sp³-hybridized carbons (Fsp3) is 0.227. The molecule has 172 valence electrons. The number of nitro benzene ring substituents is 1. The number of carbonyl (C=O) groups excluding carboxylic acids is 2. The van der Waals surface area contributed by atoms with E-state index in [0.717, 1.165) is 23.5 Å². The first-order valence-electron chi connectivity index (χ1n) is 9.90. The summed E-state index contributed by atoms with van der Waals surface area (Å²) in [4.78, 5) is 40.7. The molecule has 0 aliphatic rings. The lowest BCUT2D eigenvalue weighted by Gasteiger charge is -2.15. The maximum atomic E-state index is 12.6. The van der Waals surface area contributed by atoms with E-state index in [0.29, 0.717) is 27.3 Å². The zero-order valence-electron chi connectivity index (χ0n) is 18.1. The molecule has 1 amide bonds. The quantitative estimate of drug-likeness (QED) is 0.252. The second-order valence-corrected chi connectivity index (χ2v) is 8.91. The van der Waals surface area contributed by atoms with Crippen molar-refractivity contribution in [1.82, 2.24) is 4.98 Å². The molecule has 0 bridgehead atoms. The summed E-state index contributed by atoms with van der Waals surface area (Å²) in [6.07, 6.45) is -1.14. The molecule has 0 radical (unpaired) electrons. The third-order valence-electron chi connectivity index (χ3n) is 4.28. The smallest absolute Gasteiger partial charge is 0.339 e. The predicted octanol–water partition coefficient (Wildman–Crippen LogP) is 5.09. The van der Waals surface area contributed by atoms with Gasteiger partial charge in [0.15, 0.2) is 10.4 Å². The Morgan fingerprint density at radius 1 is 1.27 bits per heavy atom. The van der Waals surface area contributed by atoms with Crippen LogP contribution in [0.5, 0.6) is 5.75 Å². The molecular formula is C22H21N3O6S2. The summed E-state index contributed by atoms with van der Waals surface area (Å²) in [6, 6.07) is 10.9. The van der Waals surface area contributed by atoms with Gasteiger partial charge >= 0.3 is 5.97 Å². The van der Waals surface area contributed by atoms with Crippen molar-refractivity contribution < 1.29 is 24.0 Å². The molecule has 0 aliphatic heterocycles. The zero-order valence-corrected chi connectivity index (χ0v) is 19.7. The number of aromatic nitrogens is 1. The third kappa shape index (κ3) is 6.30. The van der Waals surface area contributed by atoms with E-state index in [4.69, 9.17) is 9.47 Å². The van der Waals surface area contributed by atoms with Crippen molar-refractivity contribution in [1.29, 1.82) is 0 Å². The molecule has 3 rings (SSSR count). The molecule has 3 aromatic rings. The predicted molar refractivity (Wildman–Crippen MR) is 125 cm³/mol. The van der Waals surface area contributed by atoms with E-state index in [1.54, 1.807) is 24.3 Å². The monoisotopic (exact) mass is 487 g/mol. The number of aryl methyl sites for hydroxylation is 1.